The Labute approximate surface area is 194 Å². The van der Waals surface area contributed by atoms with E-state index in [9.17, 15) is 14.4 Å². The number of benzene rings is 3. The maximum Gasteiger partial charge on any atom is 0.296 e. The van der Waals surface area contributed by atoms with Crippen LogP contribution in [0.15, 0.2) is 88.5 Å². The first-order chi connectivity index (χ1) is 15.9. The number of allylic oxidation sites excluding steroid dienone is 1. The van der Waals surface area contributed by atoms with Crippen LogP contribution in [-0.4, -0.2) is 24.7 Å². The fourth-order valence-electron chi connectivity index (χ4n) is 3.17. The molecule has 7 nitrogen and oxygen atoms in total. The average molecular weight is 460 g/mol. The van der Waals surface area contributed by atoms with Gasteiger partial charge in [0.2, 0.25) is 0 Å². The van der Waals surface area contributed by atoms with Gasteiger partial charge < -0.3 is 10.1 Å². The van der Waals surface area contributed by atoms with Crippen LogP contribution < -0.4 is 20.8 Å². The molecule has 0 aliphatic carbocycles. The number of carbonyl (C=O) groups is 3. The summed E-state index contributed by atoms with van der Waals surface area (Å²) >= 11 is 6.12. The summed E-state index contributed by atoms with van der Waals surface area (Å²) in [6, 6.07) is 18.4. The zero-order chi connectivity index (χ0) is 23.4. The number of ketones is 1. The molecule has 0 unspecified atom stereocenters. The molecule has 0 bridgehead atoms. The van der Waals surface area contributed by atoms with Crippen LogP contribution in [0.4, 0.5) is 0 Å². The van der Waals surface area contributed by atoms with E-state index in [-0.39, 0.29) is 29.3 Å². The summed E-state index contributed by atoms with van der Waals surface area (Å²) in [5.41, 5.74) is 1.44. The lowest BCUT2D eigenvalue weighted by Gasteiger charge is -2.08. The number of amides is 2. The van der Waals surface area contributed by atoms with Crippen molar-refractivity contribution in [2.75, 3.05) is 7.11 Å². The van der Waals surface area contributed by atoms with E-state index in [0.29, 0.717) is 27.3 Å². The molecule has 0 aromatic heterocycles. The van der Waals surface area contributed by atoms with E-state index < -0.39 is 5.91 Å². The quantitative estimate of drug-likeness (QED) is 0.452. The largest absolute Gasteiger partial charge is 0.497 e. The third-order valence-corrected chi connectivity index (χ3v) is 5.33. The lowest BCUT2D eigenvalue weighted by atomic mass is 10.1. The second-order valence-electron chi connectivity index (χ2n) is 7.13. The molecule has 33 heavy (non-hydrogen) atoms. The van der Waals surface area contributed by atoms with Gasteiger partial charge in [-0.1, -0.05) is 29.8 Å². The van der Waals surface area contributed by atoms with Crippen LogP contribution in [0, 0.1) is 0 Å². The lowest BCUT2D eigenvalue weighted by molar-refractivity contribution is -0.114. The molecule has 0 saturated carbocycles. The van der Waals surface area contributed by atoms with Crippen molar-refractivity contribution in [1.29, 1.82) is 0 Å². The summed E-state index contributed by atoms with van der Waals surface area (Å²) in [6.45, 7) is 0.260. The second-order valence-corrected chi connectivity index (χ2v) is 7.54. The highest BCUT2D eigenvalue weighted by Gasteiger charge is 2.16. The number of methoxy groups -OCH3 is 1. The fourth-order valence-corrected chi connectivity index (χ4v) is 3.37. The molecule has 1 N–H and O–H groups in total. The average Bonchev–Trinajstić information content (AvgIpc) is 2.83. The van der Waals surface area contributed by atoms with E-state index in [1.165, 1.54) is 13.2 Å². The summed E-state index contributed by atoms with van der Waals surface area (Å²) in [5, 5.41) is 4.01. The van der Waals surface area contributed by atoms with Crippen LogP contribution in [0.3, 0.4) is 0 Å². The highest BCUT2D eigenvalue weighted by molar-refractivity contribution is 6.31. The van der Waals surface area contributed by atoms with Crippen molar-refractivity contribution in [3.63, 3.8) is 0 Å². The molecule has 3 aromatic carbocycles. The number of fused-ring (bicyclic) bond motifs is 1. The molecule has 0 saturated heterocycles. The summed E-state index contributed by atoms with van der Waals surface area (Å²) < 4.78 is 5.08. The van der Waals surface area contributed by atoms with Crippen LogP contribution >= 0.6 is 11.6 Å². The van der Waals surface area contributed by atoms with Gasteiger partial charge in [0.15, 0.2) is 5.78 Å². The summed E-state index contributed by atoms with van der Waals surface area (Å²) in [5.74, 6) is -0.748. The molecule has 1 aliphatic rings. The first kappa shape index (κ1) is 22.1. The van der Waals surface area contributed by atoms with E-state index in [0.717, 1.165) is 11.6 Å². The lowest BCUT2D eigenvalue weighted by Crippen LogP contribution is -2.33. The molecule has 1 heterocycles. The smallest absolute Gasteiger partial charge is 0.296 e. The number of nitrogens with one attached hydrogen (secondary N) is 1. The van der Waals surface area contributed by atoms with Crippen LogP contribution in [0.25, 0.3) is 0 Å². The minimum absolute atomic E-state index is 0.0701. The SMILES string of the molecule is COc1ccc(C(=O)/C=C2\N=c3ccc(C(=O)NCc4ccccc4Cl)cc3=NC2=O)cc1. The Morgan fingerprint density at radius 1 is 0.970 bits per heavy atom. The first-order valence-electron chi connectivity index (χ1n) is 9.98. The zero-order valence-corrected chi connectivity index (χ0v) is 18.3. The Hall–Kier alpha value is -4.10. The van der Waals surface area contributed by atoms with Crippen molar-refractivity contribution in [2.24, 2.45) is 9.98 Å². The molecule has 4 rings (SSSR count). The van der Waals surface area contributed by atoms with Crippen LogP contribution in [-0.2, 0) is 11.3 Å². The van der Waals surface area contributed by atoms with Crippen molar-refractivity contribution < 1.29 is 19.1 Å². The minimum Gasteiger partial charge on any atom is -0.497 e. The van der Waals surface area contributed by atoms with Gasteiger partial charge in [-0.15, -0.1) is 0 Å². The molecule has 1 aliphatic heterocycles. The van der Waals surface area contributed by atoms with Gasteiger partial charge in [-0.25, -0.2) is 9.98 Å². The molecule has 0 atom stereocenters. The summed E-state index contributed by atoms with van der Waals surface area (Å²) in [4.78, 5) is 45.7. The topological polar surface area (TPSA) is 97.2 Å². The van der Waals surface area contributed by atoms with Crippen molar-refractivity contribution in [1.82, 2.24) is 5.32 Å². The molecule has 8 heteroatoms. The molecule has 0 fully saturated rings. The van der Waals surface area contributed by atoms with Gasteiger partial charge in [0.1, 0.15) is 11.4 Å². The molecule has 2 amide bonds. The van der Waals surface area contributed by atoms with E-state index in [1.54, 1.807) is 42.5 Å². The van der Waals surface area contributed by atoms with E-state index in [1.807, 2.05) is 18.2 Å². The number of carbonyl (C=O) groups excluding carboxylic acids is 3. The Bertz CT molecular complexity index is 1410. The highest BCUT2D eigenvalue weighted by atomic mass is 35.5. The van der Waals surface area contributed by atoms with Crippen LogP contribution in [0.1, 0.15) is 26.3 Å². The standard InChI is InChI=1S/C25H18ClN3O4/c1-33-18-9-6-15(7-10-18)23(30)13-22-25(32)29-21-12-16(8-11-20(21)28-22)24(31)27-14-17-4-2-3-5-19(17)26/h2-13H,14H2,1H3,(H,27,31)/b22-13-. The second kappa shape index (κ2) is 9.58. The third kappa shape index (κ3) is 5.05. The number of hydrogen-bond acceptors (Lipinski definition) is 5. The Kier molecular flexibility index (Phi) is 6.42. The number of ether oxygens (including phenoxy) is 1. The maximum atomic E-state index is 12.5. The predicted molar refractivity (Wildman–Crippen MR) is 122 cm³/mol. The fraction of sp³-hybridized carbons (Fsp3) is 0.0800. The predicted octanol–water partition coefficient (Wildman–Crippen LogP) is 2.82. The van der Waals surface area contributed by atoms with Gasteiger partial charge in [-0.2, -0.15) is 0 Å². The van der Waals surface area contributed by atoms with Gasteiger partial charge in [0.25, 0.3) is 11.8 Å². The Morgan fingerprint density at radius 2 is 1.70 bits per heavy atom. The van der Waals surface area contributed by atoms with E-state index in [2.05, 4.69) is 15.3 Å². The molecular formula is C25H18ClN3O4. The van der Waals surface area contributed by atoms with Crippen molar-refractivity contribution in [3.8, 4) is 5.75 Å². The van der Waals surface area contributed by atoms with Gasteiger partial charge in [0.05, 0.1) is 17.8 Å². The van der Waals surface area contributed by atoms with Gasteiger partial charge in [-0.05, 0) is 54.1 Å². The number of hydrogen-bond donors (Lipinski definition) is 1. The Morgan fingerprint density at radius 3 is 2.42 bits per heavy atom. The first-order valence-corrected chi connectivity index (χ1v) is 10.4. The van der Waals surface area contributed by atoms with Crippen molar-refractivity contribution in [2.45, 2.75) is 6.54 Å². The van der Waals surface area contributed by atoms with Crippen LogP contribution in [0.5, 0.6) is 5.75 Å². The molecule has 0 spiro atoms. The third-order valence-electron chi connectivity index (χ3n) is 4.96. The molecular weight excluding hydrogens is 442 g/mol. The Balaban J connectivity index is 1.54. The van der Waals surface area contributed by atoms with Crippen LogP contribution in [0.2, 0.25) is 5.02 Å². The van der Waals surface area contributed by atoms with E-state index in [4.69, 9.17) is 16.3 Å². The minimum atomic E-state index is -0.655. The molecule has 0 radical (unpaired) electrons. The zero-order valence-electron chi connectivity index (χ0n) is 17.5. The summed E-state index contributed by atoms with van der Waals surface area (Å²) in [6.07, 6.45) is 1.15. The number of halogens is 1. The summed E-state index contributed by atoms with van der Waals surface area (Å²) in [7, 11) is 1.53. The highest BCUT2D eigenvalue weighted by Crippen LogP contribution is 2.15. The monoisotopic (exact) mass is 459 g/mol. The molecule has 164 valence electrons. The van der Waals surface area contributed by atoms with Gasteiger partial charge in [-0.3, -0.25) is 14.4 Å². The van der Waals surface area contributed by atoms with Crippen molar-refractivity contribution in [3.05, 3.63) is 111 Å². The van der Waals surface area contributed by atoms with Gasteiger partial charge >= 0.3 is 0 Å². The number of rotatable bonds is 6. The normalized spacial score (nSPS) is 13.5. The molecule has 3 aromatic rings. The van der Waals surface area contributed by atoms with Crippen molar-refractivity contribution >= 4 is 29.2 Å². The van der Waals surface area contributed by atoms with Gasteiger partial charge in [0, 0.05) is 28.8 Å². The van der Waals surface area contributed by atoms with E-state index >= 15 is 0 Å². The number of nitrogens with zero attached hydrogens (tertiary/aromatic N) is 2. The maximum absolute atomic E-state index is 12.5.